The number of ether oxygens (including phenoxy) is 1. The van der Waals surface area contributed by atoms with Crippen LogP contribution in [0, 0.1) is 0 Å². The lowest BCUT2D eigenvalue weighted by molar-refractivity contribution is -0.153. The normalized spacial score (nSPS) is 22.2. The maximum atomic E-state index is 13.9. The maximum absolute atomic E-state index is 13.9. The molecule has 1 unspecified atom stereocenters. The number of fused-ring (bicyclic) bond motifs is 1. The first kappa shape index (κ1) is 20.9. The van der Waals surface area contributed by atoms with Crippen LogP contribution < -0.4 is 15.4 Å². The molecule has 0 saturated carbocycles. The van der Waals surface area contributed by atoms with Crippen molar-refractivity contribution in [2.24, 2.45) is 0 Å². The lowest BCUT2D eigenvalue weighted by Crippen LogP contribution is -2.52. The number of nitrogens with zero attached hydrogens (tertiary/aromatic N) is 5. The molecule has 11 heteroatoms. The Hall–Kier alpha value is -2.33. The van der Waals surface area contributed by atoms with E-state index in [0.717, 1.165) is 4.90 Å². The number of hydrogen-bond donors (Lipinski definition) is 0. The third-order valence-corrected chi connectivity index (χ3v) is 5.81. The predicted octanol–water partition coefficient (Wildman–Crippen LogP) is 2.86. The van der Waals surface area contributed by atoms with Crippen molar-refractivity contribution in [1.29, 1.82) is 0 Å². The summed E-state index contributed by atoms with van der Waals surface area (Å²) in [6, 6.07) is 1.14. The van der Waals surface area contributed by atoms with Gasteiger partial charge in [0.15, 0.2) is 0 Å². The second kappa shape index (κ2) is 8.07. The first-order valence-electron chi connectivity index (χ1n) is 9.63. The summed E-state index contributed by atoms with van der Waals surface area (Å²) < 4.78 is 48.3. The van der Waals surface area contributed by atoms with Crippen LogP contribution in [0.25, 0.3) is 0 Å². The molecular weight excluding hydrogens is 423 g/mol. The number of rotatable bonds is 3. The molecule has 2 aliphatic rings. The maximum Gasteiger partial charge on any atom is 0.408 e. The third-order valence-electron chi connectivity index (χ3n) is 5.47. The molecule has 2 aliphatic heterocycles. The van der Waals surface area contributed by atoms with Crippen LogP contribution in [-0.4, -0.2) is 52.6 Å². The molecule has 4 rings (SSSR count). The van der Waals surface area contributed by atoms with E-state index in [1.165, 1.54) is 23.0 Å². The van der Waals surface area contributed by atoms with Crippen LogP contribution in [0.3, 0.4) is 0 Å². The van der Waals surface area contributed by atoms with Crippen molar-refractivity contribution < 1.29 is 17.9 Å². The summed E-state index contributed by atoms with van der Waals surface area (Å²) >= 11 is 6.15. The molecule has 0 spiro atoms. The summed E-state index contributed by atoms with van der Waals surface area (Å²) in [5.74, 6) is 0.355. The fourth-order valence-electron chi connectivity index (χ4n) is 3.91. The van der Waals surface area contributed by atoms with Gasteiger partial charge in [0.05, 0.1) is 24.3 Å². The van der Waals surface area contributed by atoms with Crippen molar-refractivity contribution in [3.63, 3.8) is 0 Å². The van der Waals surface area contributed by atoms with Gasteiger partial charge in [-0.25, -0.2) is 0 Å². The second-order valence-electron chi connectivity index (χ2n) is 7.46. The van der Waals surface area contributed by atoms with Gasteiger partial charge in [-0.1, -0.05) is 11.6 Å². The molecule has 0 radical (unpaired) electrons. The zero-order chi connectivity index (χ0) is 21.5. The van der Waals surface area contributed by atoms with E-state index in [1.54, 1.807) is 6.07 Å². The van der Waals surface area contributed by atoms with Gasteiger partial charge >= 0.3 is 6.18 Å². The predicted molar refractivity (Wildman–Crippen MR) is 106 cm³/mol. The van der Waals surface area contributed by atoms with Crippen LogP contribution in [0.5, 0.6) is 0 Å². The molecule has 1 fully saturated rings. The Kier molecular flexibility index (Phi) is 5.63. The first-order valence-corrected chi connectivity index (χ1v) is 10.0. The fraction of sp³-hybridized carbons (Fsp3) is 0.526. The van der Waals surface area contributed by atoms with Gasteiger partial charge in [-0.05, 0) is 25.0 Å². The van der Waals surface area contributed by atoms with Crippen molar-refractivity contribution in [3.8, 4) is 0 Å². The highest BCUT2D eigenvalue weighted by atomic mass is 35.5. The van der Waals surface area contributed by atoms with Gasteiger partial charge in [-0.15, -0.1) is 0 Å². The van der Waals surface area contributed by atoms with E-state index in [1.807, 2.05) is 11.8 Å². The van der Waals surface area contributed by atoms with Gasteiger partial charge in [0.2, 0.25) is 5.95 Å². The Labute approximate surface area is 176 Å². The highest BCUT2D eigenvalue weighted by Gasteiger charge is 2.47. The zero-order valence-electron chi connectivity index (χ0n) is 16.3. The minimum Gasteiger partial charge on any atom is -0.377 e. The molecule has 2 aromatic heterocycles. The molecule has 0 aliphatic carbocycles. The largest absolute Gasteiger partial charge is 0.408 e. The molecule has 30 heavy (non-hydrogen) atoms. The SMILES string of the molecule is C[C@@H]1COCCN1c1cc(=O)n2c(n1)N(Cc1ccncc1Cl)C(C(F)(F)F)CC2. The molecule has 162 valence electrons. The Morgan fingerprint density at radius 3 is 2.83 bits per heavy atom. The standard InChI is InChI=1S/C19H21ClF3N5O2/c1-12-11-30-7-6-26(12)16-8-17(29)27-5-3-15(19(21,22)23)28(18(27)25-16)10-13-2-4-24-9-14(13)20/h2,4,8-9,12,15H,3,5-7,10-11H2,1H3/t12-,15?/m1/s1. The lowest BCUT2D eigenvalue weighted by atomic mass is 10.1. The zero-order valence-corrected chi connectivity index (χ0v) is 17.0. The van der Waals surface area contributed by atoms with E-state index in [9.17, 15) is 18.0 Å². The summed E-state index contributed by atoms with van der Waals surface area (Å²) in [5.41, 5.74) is 0.105. The van der Waals surface area contributed by atoms with Crippen molar-refractivity contribution in [2.75, 3.05) is 29.6 Å². The Morgan fingerprint density at radius 2 is 2.13 bits per heavy atom. The van der Waals surface area contributed by atoms with Crippen LogP contribution in [0.2, 0.25) is 5.02 Å². The highest BCUT2D eigenvalue weighted by Crippen LogP contribution is 2.36. The molecule has 2 atom stereocenters. The van der Waals surface area contributed by atoms with E-state index >= 15 is 0 Å². The molecule has 2 aromatic rings. The van der Waals surface area contributed by atoms with Gasteiger partial charge in [-0.2, -0.15) is 18.2 Å². The van der Waals surface area contributed by atoms with Gasteiger partial charge in [-0.3, -0.25) is 14.3 Å². The Morgan fingerprint density at radius 1 is 1.33 bits per heavy atom. The second-order valence-corrected chi connectivity index (χ2v) is 7.87. The molecular formula is C19H21ClF3N5O2. The van der Waals surface area contributed by atoms with Crippen LogP contribution in [0.15, 0.2) is 29.3 Å². The van der Waals surface area contributed by atoms with Gasteiger partial charge in [0.25, 0.3) is 5.56 Å². The monoisotopic (exact) mass is 443 g/mol. The molecule has 4 heterocycles. The molecule has 1 saturated heterocycles. The average molecular weight is 444 g/mol. The summed E-state index contributed by atoms with van der Waals surface area (Å²) in [6.07, 6.45) is -1.87. The molecule has 0 bridgehead atoms. The van der Waals surface area contributed by atoms with Crippen molar-refractivity contribution in [2.45, 2.75) is 44.7 Å². The highest BCUT2D eigenvalue weighted by molar-refractivity contribution is 6.31. The van der Waals surface area contributed by atoms with Crippen LogP contribution in [-0.2, 0) is 17.8 Å². The number of morpholine rings is 1. The Balaban J connectivity index is 1.80. The minimum atomic E-state index is -4.48. The third kappa shape index (κ3) is 3.98. The average Bonchev–Trinajstić information content (AvgIpc) is 2.69. The molecule has 0 aromatic carbocycles. The van der Waals surface area contributed by atoms with Crippen LogP contribution in [0.4, 0.5) is 24.9 Å². The number of pyridine rings is 1. The number of hydrogen-bond acceptors (Lipinski definition) is 6. The number of aromatic nitrogens is 3. The summed E-state index contributed by atoms with van der Waals surface area (Å²) in [6.45, 7) is 3.17. The topological polar surface area (TPSA) is 63.5 Å². The smallest absolute Gasteiger partial charge is 0.377 e. The summed E-state index contributed by atoms with van der Waals surface area (Å²) in [4.78, 5) is 24.2. The van der Waals surface area contributed by atoms with Crippen LogP contribution in [0.1, 0.15) is 18.9 Å². The van der Waals surface area contributed by atoms with E-state index in [2.05, 4.69) is 9.97 Å². The van der Waals surface area contributed by atoms with Gasteiger partial charge < -0.3 is 14.5 Å². The molecule has 7 nitrogen and oxygen atoms in total. The molecule has 0 amide bonds. The number of halogens is 4. The number of anilines is 2. The quantitative estimate of drug-likeness (QED) is 0.727. The van der Waals surface area contributed by atoms with Crippen LogP contribution >= 0.6 is 11.6 Å². The van der Waals surface area contributed by atoms with Gasteiger partial charge in [0, 0.05) is 38.1 Å². The van der Waals surface area contributed by atoms with E-state index < -0.39 is 12.2 Å². The van der Waals surface area contributed by atoms with E-state index in [-0.39, 0.29) is 42.1 Å². The van der Waals surface area contributed by atoms with E-state index in [4.69, 9.17) is 16.3 Å². The van der Waals surface area contributed by atoms with E-state index in [0.29, 0.717) is 31.1 Å². The van der Waals surface area contributed by atoms with Crippen molar-refractivity contribution >= 4 is 23.4 Å². The summed E-state index contributed by atoms with van der Waals surface area (Å²) in [7, 11) is 0. The fourth-order valence-corrected chi connectivity index (χ4v) is 4.09. The van der Waals surface area contributed by atoms with Gasteiger partial charge in [0.1, 0.15) is 11.9 Å². The first-order chi connectivity index (χ1) is 14.3. The van der Waals surface area contributed by atoms with Crippen molar-refractivity contribution in [3.05, 3.63) is 45.5 Å². The molecule has 0 N–H and O–H groups in total. The lowest BCUT2D eigenvalue weighted by Gasteiger charge is -2.40. The minimum absolute atomic E-state index is 0.00218. The van der Waals surface area contributed by atoms with Crippen molar-refractivity contribution in [1.82, 2.24) is 14.5 Å². The summed E-state index contributed by atoms with van der Waals surface area (Å²) in [5, 5.41) is 0.260. The number of alkyl halides is 3. The Bertz CT molecular complexity index is 983.